The molecular formula is C19H15NO2. The Balaban J connectivity index is 1.99. The average molecular weight is 289 g/mol. The van der Waals surface area contributed by atoms with Gasteiger partial charge in [-0.15, -0.1) is 0 Å². The van der Waals surface area contributed by atoms with Gasteiger partial charge in [-0.1, -0.05) is 42.5 Å². The number of hydrogen-bond donors (Lipinski definition) is 1. The molecule has 0 aliphatic rings. The van der Waals surface area contributed by atoms with Gasteiger partial charge in [0.05, 0.1) is 0 Å². The third kappa shape index (κ3) is 1.90. The van der Waals surface area contributed by atoms with Crippen molar-refractivity contribution in [2.45, 2.75) is 13.0 Å². The van der Waals surface area contributed by atoms with E-state index in [1.54, 1.807) is 6.92 Å². The highest BCUT2D eigenvalue weighted by molar-refractivity contribution is 6.23. The van der Waals surface area contributed by atoms with Gasteiger partial charge in [0.25, 0.3) is 0 Å². The van der Waals surface area contributed by atoms with Crippen molar-refractivity contribution in [1.82, 2.24) is 0 Å². The standard InChI is InChI=1S/C19H15NO2/c1-11(20)19(21)22-16-9-14-7-5-12-3-2-4-13-6-8-15(10-16)18(14)17(12)13/h2-11H,20H2,1H3/t11-/m0/s1. The van der Waals surface area contributed by atoms with Crippen LogP contribution in [0.2, 0.25) is 0 Å². The summed E-state index contributed by atoms with van der Waals surface area (Å²) >= 11 is 0. The van der Waals surface area contributed by atoms with E-state index < -0.39 is 12.0 Å². The molecule has 0 aliphatic carbocycles. The maximum absolute atomic E-state index is 11.7. The summed E-state index contributed by atoms with van der Waals surface area (Å²) in [6.07, 6.45) is 0. The van der Waals surface area contributed by atoms with Crippen LogP contribution in [0, 0.1) is 0 Å². The fourth-order valence-corrected chi connectivity index (χ4v) is 2.99. The molecule has 4 aromatic carbocycles. The fraction of sp³-hybridized carbons (Fsp3) is 0.105. The second-order valence-electron chi connectivity index (χ2n) is 5.66. The second kappa shape index (κ2) is 4.68. The predicted octanol–water partition coefficient (Wildman–Crippen LogP) is 3.84. The van der Waals surface area contributed by atoms with E-state index in [-0.39, 0.29) is 0 Å². The molecule has 0 radical (unpaired) electrons. The zero-order chi connectivity index (χ0) is 15.3. The van der Waals surface area contributed by atoms with Crippen LogP contribution in [-0.2, 0) is 4.79 Å². The van der Waals surface area contributed by atoms with Crippen LogP contribution in [0.3, 0.4) is 0 Å². The Morgan fingerprint density at radius 1 is 0.909 bits per heavy atom. The fourth-order valence-electron chi connectivity index (χ4n) is 2.99. The zero-order valence-corrected chi connectivity index (χ0v) is 12.2. The van der Waals surface area contributed by atoms with Crippen molar-refractivity contribution < 1.29 is 9.53 Å². The van der Waals surface area contributed by atoms with Crippen molar-refractivity contribution in [3.05, 3.63) is 54.6 Å². The molecule has 22 heavy (non-hydrogen) atoms. The summed E-state index contributed by atoms with van der Waals surface area (Å²) in [6, 6.07) is 17.8. The lowest BCUT2D eigenvalue weighted by Gasteiger charge is -2.13. The van der Waals surface area contributed by atoms with Crippen LogP contribution in [-0.4, -0.2) is 12.0 Å². The van der Waals surface area contributed by atoms with Crippen LogP contribution in [0.5, 0.6) is 5.75 Å². The molecule has 0 aliphatic heterocycles. The van der Waals surface area contributed by atoms with Crippen LogP contribution in [0.25, 0.3) is 32.3 Å². The molecule has 0 saturated carbocycles. The first-order chi connectivity index (χ1) is 10.6. The van der Waals surface area contributed by atoms with E-state index in [2.05, 4.69) is 42.5 Å². The van der Waals surface area contributed by atoms with Crippen molar-refractivity contribution in [2.24, 2.45) is 5.73 Å². The quantitative estimate of drug-likeness (QED) is 0.346. The van der Waals surface area contributed by atoms with Gasteiger partial charge in [-0.2, -0.15) is 0 Å². The number of benzene rings is 4. The number of esters is 1. The van der Waals surface area contributed by atoms with Gasteiger partial charge in [-0.3, -0.25) is 0 Å². The van der Waals surface area contributed by atoms with E-state index in [0.29, 0.717) is 5.75 Å². The normalized spacial score (nSPS) is 13.0. The first-order valence-electron chi connectivity index (χ1n) is 7.28. The maximum atomic E-state index is 11.7. The molecular weight excluding hydrogens is 274 g/mol. The SMILES string of the molecule is C[C@H](N)C(=O)Oc1cc2ccc3cccc4ccc(c1)c2c34. The lowest BCUT2D eigenvalue weighted by Crippen LogP contribution is -2.30. The van der Waals surface area contributed by atoms with Gasteiger partial charge >= 0.3 is 5.97 Å². The lowest BCUT2D eigenvalue weighted by atomic mass is 9.94. The van der Waals surface area contributed by atoms with Crippen LogP contribution in [0.1, 0.15) is 6.92 Å². The predicted molar refractivity (Wildman–Crippen MR) is 89.4 cm³/mol. The summed E-state index contributed by atoms with van der Waals surface area (Å²) in [5.41, 5.74) is 5.56. The minimum absolute atomic E-state index is 0.423. The van der Waals surface area contributed by atoms with Gasteiger partial charge in [0.15, 0.2) is 0 Å². The molecule has 1 atom stereocenters. The molecule has 4 rings (SSSR count). The summed E-state index contributed by atoms with van der Waals surface area (Å²) in [5.74, 6) is 0.112. The molecule has 0 fully saturated rings. The zero-order valence-electron chi connectivity index (χ0n) is 12.2. The molecule has 0 saturated heterocycles. The molecule has 0 aromatic heterocycles. The minimum atomic E-state index is -0.634. The van der Waals surface area contributed by atoms with Crippen LogP contribution >= 0.6 is 0 Å². The smallest absolute Gasteiger partial charge is 0.328 e. The second-order valence-corrected chi connectivity index (χ2v) is 5.66. The first kappa shape index (κ1) is 13.0. The third-order valence-corrected chi connectivity index (χ3v) is 4.03. The van der Waals surface area contributed by atoms with Crippen LogP contribution in [0.4, 0.5) is 0 Å². The lowest BCUT2D eigenvalue weighted by molar-refractivity contribution is -0.135. The molecule has 3 heteroatoms. The number of ether oxygens (including phenoxy) is 1. The van der Waals surface area contributed by atoms with E-state index in [4.69, 9.17) is 10.5 Å². The Morgan fingerprint density at radius 3 is 1.95 bits per heavy atom. The Hall–Kier alpha value is -2.65. The highest BCUT2D eigenvalue weighted by Gasteiger charge is 2.13. The van der Waals surface area contributed by atoms with Gasteiger partial charge in [-0.25, -0.2) is 4.79 Å². The summed E-state index contributed by atoms with van der Waals surface area (Å²) < 4.78 is 5.36. The molecule has 108 valence electrons. The van der Waals surface area contributed by atoms with E-state index in [1.807, 2.05) is 12.1 Å². The average Bonchev–Trinajstić information content (AvgIpc) is 2.52. The highest BCUT2D eigenvalue weighted by Crippen LogP contribution is 2.36. The molecule has 0 heterocycles. The summed E-state index contributed by atoms with van der Waals surface area (Å²) in [5, 5.41) is 7.02. The van der Waals surface area contributed by atoms with Gasteiger partial charge in [0, 0.05) is 0 Å². The van der Waals surface area contributed by atoms with Crippen LogP contribution < -0.4 is 10.5 Å². The van der Waals surface area contributed by atoms with Crippen molar-refractivity contribution in [1.29, 1.82) is 0 Å². The first-order valence-corrected chi connectivity index (χ1v) is 7.28. The molecule has 0 unspecified atom stereocenters. The van der Waals surface area contributed by atoms with Crippen molar-refractivity contribution in [3.63, 3.8) is 0 Å². The number of carbonyl (C=O) groups excluding carboxylic acids is 1. The Kier molecular flexibility index (Phi) is 2.78. The maximum Gasteiger partial charge on any atom is 0.328 e. The van der Waals surface area contributed by atoms with Gasteiger partial charge < -0.3 is 10.5 Å². The largest absolute Gasteiger partial charge is 0.425 e. The summed E-state index contributed by atoms with van der Waals surface area (Å²) in [6.45, 7) is 1.62. The molecule has 3 nitrogen and oxygen atoms in total. The van der Waals surface area contributed by atoms with Gasteiger partial charge in [-0.05, 0) is 51.4 Å². The van der Waals surface area contributed by atoms with E-state index in [1.165, 1.54) is 21.5 Å². The van der Waals surface area contributed by atoms with E-state index in [0.717, 1.165) is 10.8 Å². The minimum Gasteiger partial charge on any atom is -0.425 e. The summed E-state index contributed by atoms with van der Waals surface area (Å²) in [4.78, 5) is 11.7. The van der Waals surface area contributed by atoms with Crippen molar-refractivity contribution in [3.8, 4) is 5.75 Å². The van der Waals surface area contributed by atoms with Crippen molar-refractivity contribution in [2.75, 3.05) is 0 Å². The van der Waals surface area contributed by atoms with Gasteiger partial charge in [0.2, 0.25) is 0 Å². The monoisotopic (exact) mass is 289 g/mol. The highest BCUT2D eigenvalue weighted by atomic mass is 16.5. The number of rotatable bonds is 2. The Labute approximate surface area is 127 Å². The molecule has 2 N–H and O–H groups in total. The van der Waals surface area contributed by atoms with Crippen LogP contribution in [0.15, 0.2) is 54.6 Å². The molecule has 0 amide bonds. The Morgan fingerprint density at radius 2 is 1.41 bits per heavy atom. The van der Waals surface area contributed by atoms with Crippen molar-refractivity contribution >= 4 is 38.3 Å². The number of hydrogen-bond acceptors (Lipinski definition) is 3. The Bertz CT molecular complexity index is 940. The van der Waals surface area contributed by atoms with Gasteiger partial charge in [0.1, 0.15) is 11.8 Å². The molecule has 0 bridgehead atoms. The number of carbonyl (C=O) groups is 1. The topological polar surface area (TPSA) is 52.3 Å². The van der Waals surface area contributed by atoms with E-state index >= 15 is 0 Å². The third-order valence-electron chi connectivity index (χ3n) is 4.03. The summed E-state index contributed by atoms with van der Waals surface area (Å²) in [7, 11) is 0. The molecule has 4 aromatic rings. The van der Waals surface area contributed by atoms with E-state index in [9.17, 15) is 4.79 Å². The number of nitrogens with two attached hydrogens (primary N) is 1. The molecule has 0 spiro atoms.